The molecule has 0 aromatic rings. The molecule has 0 atom stereocenters. The Morgan fingerprint density at radius 1 is 1.44 bits per heavy atom. The van der Waals surface area contributed by atoms with Crippen molar-refractivity contribution in [3.63, 3.8) is 0 Å². The fraction of sp³-hybridized carbons (Fsp3) is 0.167. The van der Waals surface area contributed by atoms with Crippen LogP contribution in [-0.2, 0) is 4.79 Å². The van der Waals surface area contributed by atoms with Crippen molar-refractivity contribution in [2.45, 2.75) is 6.92 Å². The molecule has 48 valence electrons. The fourth-order valence-electron chi connectivity index (χ4n) is 0.249. The number of carboxylic acids is 1. The van der Waals surface area contributed by atoms with Crippen LogP contribution in [0, 0.1) is 0 Å². The number of carbonyl (C=O) groups is 1. The third-order valence-electron chi connectivity index (χ3n) is 0.542. The summed E-state index contributed by atoms with van der Waals surface area (Å²) >= 11 is 0. The summed E-state index contributed by atoms with van der Waals surface area (Å²) < 4.78 is 0. The molecule has 0 unspecified atom stereocenters. The minimum atomic E-state index is -0.914. The second kappa shape index (κ2) is 8.43. The summed E-state index contributed by atoms with van der Waals surface area (Å²) in [7, 11) is 0. The van der Waals surface area contributed by atoms with E-state index in [2.05, 4.69) is 0 Å². The average molecular weight is 202 g/mol. The maximum atomic E-state index is 9.75. The number of aliphatic carboxylic acids is 1. The Hall–Kier alpha value is 0.431. The van der Waals surface area contributed by atoms with E-state index in [4.69, 9.17) is 5.11 Å². The van der Waals surface area contributed by atoms with Crippen LogP contribution in [0.1, 0.15) is 6.92 Å². The molecule has 0 radical (unpaired) electrons. The van der Waals surface area contributed by atoms with E-state index in [-0.39, 0.29) is 45.5 Å². The van der Waals surface area contributed by atoms with Crippen LogP contribution in [0.25, 0.3) is 0 Å². The molecule has 0 fully saturated rings. The van der Waals surface area contributed by atoms with Gasteiger partial charge in [0.1, 0.15) is 0 Å². The van der Waals surface area contributed by atoms with Gasteiger partial charge >= 0.3 is 51.5 Å². The normalized spacial score (nSPS) is 9.89. The van der Waals surface area contributed by atoms with Crippen molar-refractivity contribution in [2.75, 3.05) is 0 Å². The molecule has 0 aliphatic carbocycles. The van der Waals surface area contributed by atoms with Gasteiger partial charge < -0.3 is 5.11 Å². The van der Waals surface area contributed by atoms with Gasteiger partial charge in [-0.15, -0.1) is 0 Å². The predicted molar refractivity (Wildman–Crippen MR) is 40.1 cm³/mol. The summed E-state index contributed by atoms with van der Waals surface area (Å²) in [6.07, 6.45) is 5.98. The number of hydrogen-bond donors (Lipinski definition) is 1. The Labute approximate surface area is 91.5 Å². The Balaban J connectivity index is 0. The topological polar surface area (TPSA) is 37.3 Å². The molecule has 0 saturated heterocycles. The first-order chi connectivity index (χ1) is 3.77. The SMILES string of the molecule is C/C=C/C=C/C(=O)O.[SrH2]. The van der Waals surface area contributed by atoms with Gasteiger partial charge in [-0.1, -0.05) is 18.2 Å². The zero-order valence-electron chi connectivity index (χ0n) is 4.66. The first-order valence-corrected chi connectivity index (χ1v) is 2.29. The molecule has 0 aliphatic rings. The Morgan fingerprint density at radius 2 is 2.00 bits per heavy atom. The van der Waals surface area contributed by atoms with Crippen LogP contribution in [0.4, 0.5) is 0 Å². The predicted octanol–water partition coefficient (Wildman–Crippen LogP) is 0.287. The van der Waals surface area contributed by atoms with Crippen LogP contribution in [0.2, 0.25) is 0 Å². The summed E-state index contributed by atoms with van der Waals surface area (Å²) in [5.41, 5.74) is 0. The number of carboxylic acid groups (broad SMARTS) is 1. The van der Waals surface area contributed by atoms with E-state index in [0.29, 0.717) is 0 Å². The number of rotatable bonds is 2. The van der Waals surface area contributed by atoms with Gasteiger partial charge in [0.15, 0.2) is 0 Å². The molecule has 0 saturated carbocycles. The van der Waals surface area contributed by atoms with Crippen LogP contribution in [0.15, 0.2) is 24.3 Å². The van der Waals surface area contributed by atoms with Crippen LogP contribution in [0.3, 0.4) is 0 Å². The van der Waals surface area contributed by atoms with Crippen molar-refractivity contribution >= 4 is 51.5 Å². The summed E-state index contributed by atoms with van der Waals surface area (Å²) in [5.74, 6) is -0.914. The average Bonchev–Trinajstić information content (AvgIpc) is 1.66. The van der Waals surface area contributed by atoms with Crippen molar-refractivity contribution in [3.8, 4) is 0 Å². The molecular formula is C6H10O2Sr. The van der Waals surface area contributed by atoms with Crippen molar-refractivity contribution < 1.29 is 9.90 Å². The number of allylic oxidation sites excluding steroid dienone is 3. The van der Waals surface area contributed by atoms with Crippen LogP contribution >= 0.6 is 0 Å². The van der Waals surface area contributed by atoms with Gasteiger partial charge in [-0.05, 0) is 6.92 Å². The minimum absolute atomic E-state index is 0. The summed E-state index contributed by atoms with van der Waals surface area (Å²) in [6.45, 7) is 1.83. The molecule has 0 amide bonds. The molecule has 0 aromatic carbocycles. The maximum absolute atomic E-state index is 9.75. The quantitative estimate of drug-likeness (QED) is 0.396. The standard InChI is InChI=1S/C6H8O2.Sr.2H/c1-2-3-4-5-6(7)8;;;/h2-5H,1H3,(H,7,8);;;/b3-2+,5-4+;;;. The second-order valence-electron chi connectivity index (χ2n) is 1.22. The van der Waals surface area contributed by atoms with E-state index in [1.54, 1.807) is 12.2 Å². The molecule has 0 heterocycles. The van der Waals surface area contributed by atoms with E-state index in [1.807, 2.05) is 6.92 Å². The van der Waals surface area contributed by atoms with Gasteiger partial charge in [-0.3, -0.25) is 0 Å². The zero-order chi connectivity index (χ0) is 6.41. The third-order valence-corrected chi connectivity index (χ3v) is 0.542. The van der Waals surface area contributed by atoms with Gasteiger partial charge in [0.2, 0.25) is 0 Å². The molecule has 3 heteroatoms. The monoisotopic (exact) mass is 202 g/mol. The molecule has 0 spiro atoms. The van der Waals surface area contributed by atoms with Gasteiger partial charge in [-0.2, -0.15) is 0 Å². The summed E-state index contributed by atoms with van der Waals surface area (Å²) in [5, 5.41) is 8.02. The number of hydrogen-bond acceptors (Lipinski definition) is 1. The van der Waals surface area contributed by atoms with E-state index in [0.717, 1.165) is 6.08 Å². The summed E-state index contributed by atoms with van der Waals surface area (Å²) in [4.78, 5) is 9.75. The Bertz CT molecular complexity index is 127. The Morgan fingerprint density at radius 3 is 2.33 bits per heavy atom. The molecule has 0 rings (SSSR count). The van der Waals surface area contributed by atoms with Gasteiger partial charge in [0.25, 0.3) is 0 Å². The third kappa shape index (κ3) is 11.8. The first-order valence-electron chi connectivity index (χ1n) is 2.29. The molecule has 1 N–H and O–H groups in total. The second-order valence-corrected chi connectivity index (χ2v) is 1.22. The van der Waals surface area contributed by atoms with Crippen molar-refractivity contribution in [1.29, 1.82) is 0 Å². The van der Waals surface area contributed by atoms with E-state index in [1.165, 1.54) is 6.08 Å². The van der Waals surface area contributed by atoms with Crippen molar-refractivity contribution in [1.82, 2.24) is 0 Å². The van der Waals surface area contributed by atoms with Crippen LogP contribution < -0.4 is 0 Å². The van der Waals surface area contributed by atoms with Gasteiger partial charge in [-0.25, -0.2) is 4.79 Å². The summed E-state index contributed by atoms with van der Waals surface area (Å²) in [6, 6.07) is 0. The first kappa shape index (κ1) is 12.1. The zero-order valence-corrected chi connectivity index (χ0v) is 4.66. The van der Waals surface area contributed by atoms with E-state index in [9.17, 15) is 4.79 Å². The molecule has 2 nitrogen and oxygen atoms in total. The fourth-order valence-corrected chi connectivity index (χ4v) is 0.249. The molecule has 0 aromatic heterocycles. The van der Waals surface area contributed by atoms with Crippen LogP contribution in [0.5, 0.6) is 0 Å². The van der Waals surface area contributed by atoms with Gasteiger partial charge in [0, 0.05) is 6.08 Å². The van der Waals surface area contributed by atoms with Crippen molar-refractivity contribution in [2.24, 2.45) is 0 Å². The van der Waals surface area contributed by atoms with E-state index < -0.39 is 5.97 Å². The Kier molecular flexibility index (Phi) is 11.4. The van der Waals surface area contributed by atoms with E-state index >= 15 is 0 Å². The van der Waals surface area contributed by atoms with Crippen molar-refractivity contribution in [3.05, 3.63) is 24.3 Å². The molecular weight excluding hydrogens is 192 g/mol. The molecule has 9 heavy (non-hydrogen) atoms. The molecule has 0 bridgehead atoms. The molecule has 0 aliphatic heterocycles. The van der Waals surface area contributed by atoms with Gasteiger partial charge in [0.05, 0.1) is 0 Å². The van der Waals surface area contributed by atoms with Crippen LogP contribution in [-0.4, -0.2) is 56.6 Å².